The molecule has 1 aliphatic carbocycles. The third-order valence-electron chi connectivity index (χ3n) is 8.28. The van der Waals surface area contributed by atoms with Gasteiger partial charge >= 0.3 is 12.1 Å². The number of hydrogen-bond donors (Lipinski definition) is 2. The van der Waals surface area contributed by atoms with Gasteiger partial charge in [-0.3, -0.25) is 4.40 Å². The van der Waals surface area contributed by atoms with Crippen LogP contribution in [0.15, 0.2) is 54.9 Å². The summed E-state index contributed by atoms with van der Waals surface area (Å²) in [7, 11) is 0. The molecular formula is C28H24F6N4O2. The van der Waals surface area contributed by atoms with Gasteiger partial charge in [0.2, 0.25) is 0 Å². The molecule has 2 aliphatic heterocycles. The molecule has 2 bridgehead atoms. The van der Waals surface area contributed by atoms with Crippen molar-refractivity contribution in [2.75, 3.05) is 18.9 Å². The van der Waals surface area contributed by atoms with Crippen LogP contribution in [0.3, 0.4) is 0 Å². The van der Waals surface area contributed by atoms with Gasteiger partial charge in [-0.05, 0) is 37.8 Å². The van der Waals surface area contributed by atoms with E-state index in [0.717, 1.165) is 31.0 Å². The van der Waals surface area contributed by atoms with Gasteiger partial charge in [-0.25, -0.2) is 14.4 Å². The largest absolute Gasteiger partial charge is 0.419 e. The van der Waals surface area contributed by atoms with Crippen molar-refractivity contribution in [1.82, 2.24) is 14.4 Å². The lowest BCUT2D eigenvalue weighted by Gasteiger charge is -2.51. The average Bonchev–Trinajstić information content (AvgIpc) is 3.35. The monoisotopic (exact) mass is 562 g/mol. The normalized spacial score (nSPS) is 23.2. The Morgan fingerprint density at radius 3 is 2.25 bits per heavy atom. The van der Waals surface area contributed by atoms with Crippen molar-refractivity contribution >= 4 is 11.3 Å². The summed E-state index contributed by atoms with van der Waals surface area (Å²) < 4.78 is 92.4. The molecular weight excluding hydrogens is 538 g/mol. The summed E-state index contributed by atoms with van der Waals surface area (Å²) in [4.78, 5) is 9.06. The Labute approximate surface area is 224 Å². The van der Waals surface area contributed by atoms with Gasteiger partial charge in [0.15, 0.2) is 0 Å². The first-order valence-electron chi connectivity index (χ1n) is 12.6. The molecule has 0 radical (unpaired) electrons. The minimum atomic E-state index is -5.12. The first-order chi connectivity index (χ1) is 18.9. The Kier molecular flexibility index (Phi) is 5.94. The third-order valence-corrected chi connectivity index (χ3v) is 8.28. The van der Waals surface area contributed by atoms with E-state index in [1.807, 2.05) is 4.40 Å². The number of aliphatic hydroxyl groups excluding tert-OH is 1. The summed E-state index contributed by atoms with van der Waals surface area (Å²) >= 11 is 0. The van der Waals surface area contributed by atoms with E-state index in [1.54, 1.807) is 6.20 Å². The van der Waals surface area contributed by atoms with Crippen LogP contribution in [0.25, 0.3) is 16.8 Å². The van der Waals surface area contributed by atoms with E-state index in [0.29, 0.717) is 54.2 Å². The van der Waals surface area contributed by atoms with Gasteiger partial charge in [0.05, 0.1) is 35.4 Å². The first kappa shape index (κ1) is 26.6. The Bertz CT molecular complexity index is 1570. The predicted molar refractivity (Wildman–Crippen MR) is 133 cm³/mol. The van der Waals surface area contributed by atoms with Gasteiger partial charge in [0.25, 0.3) is 0 Å². The zero-order valence-electron chi connectivity index (χ0n) is 21.0. The van der Waals surface area contributed by atoms with Crippen LogP contribution in [0.5, 0.6) is 0 Å². The van der Waals surface area contributed by atoms with Crippen molar-refractivity contribution in [3.8, 4) is 11.3 Å². The number of benzene rings is 2. The molecule has 0 amide bonds. The molecule has 12 heteroatoms. The molecule has 2 saturated heterocycles. The molecule has 2 aromatic heterocycles. The second kappa shape index (κ2) is 8.93. The van der Waals surface area contributed by atoms with Crippen molar-refractivity contribution < 1.29 is 36.2 Å². The number of anilines is 1. The van der Waals surface area contributed by atoms with Gasteiger partial charge in [-0.1, -0.05) is 30.3 Å². The minimum Gasteiger partial charge on any atom is -0.393 e. The number of alkyl halides is 5. The number of halogens is 6. The van der Waals surface area contributed by atoms with Gasteiger partial charge in [0.1, 0.15) is 28.7 Å². The number of ether oxygens (including phenoxy) is 1. The van der Waals surface area contributed by atoms with E-state index < -0.39 is 45.6 Å². The summed E-state index contributed by atoms with van der Waals surface area (Å²) in [6, 6.07) is 6.57. The van der Waals surface area contributed by atoms with Crippen LogP contribution in [-0.4, -0.2) is 38.3 Å². The second-order valence-electron chi connectivity index (χ2n) is 10.5. The third kappa shape index (κ3) is 3.95. The van der Waals surface area contributed by atoms with E-state index in [4.69, 9.17) is 15.5 Å². The average molecular weight is 563 g/mol. The number of aromatic nitrogens is 3. The highest BCUT2D eigenvalue weighted by atomic mass is 19.4. The number of nitrogens with zero attached hydrogens (tertiary/aromatic N) is 3. The molecule has 0 atom stereocenters. The number of imidazole rings is 1. The Hall–Kier alpha value is -3.64. The Balaban J connectivity index is 1.40. The van der Waals surface area contributed by atoms with Crippen LogP contribution < -0.4 is 5.73 Å². The highest BCUT2D eigenvalue weighted by Gasteiger charge is 2.52. The highest BCUT2D eigenvalue weighted by molar-refractivity contribution is 5.85. The van der Waals surface area contributed by atoms with E-state index in [9.17, 15) is 22.7 Å². The van der Waals surface area contributed by atoms with Crippen molar-refractivity contribution in [1.29, 1.82) is 0 Å². The molecule has 6 nitrogen and oxygen atoms in total. The van der Waals surface area contributed by atoms with Crippen LogP contribution in [0, 0.1) is 5.82 Å². The van der Waals surface area contributed by atoms with Gasteiger partial charge in [0, 0.05) is 23.5 Å². The number of hydrogen-bond acceptors (Lipinski definition) is 5. The summed E-state index contributed by atoms with van der Waals surface area (Å²) in [5, 5.41) is 9.80. The van der Waals surface area contributed by atoms with Crippen LogP contribution in [0.2, 0.25) is 0 Å². The van der Waals surface area contributed by atoms with Crippen LogP contribution in [0.4, 0.5) is 32.2 Å². The van der Waals surface area contributed by atoms with Crippen molar-refractivity contribution in [2.45, 2.75) is 48.8 Å². The first-order valence-corrected chi connectivity index (χ1v) is 12.6. The smallest absolute Gasteiger partial charge is 0.393 e. The van der Waals surface area contributed by atoms with Gasteiger partial charge in [-0.2, -0.15) is 22.0 Å². The molecule has 4 heterocycles. The van der Waals surface area contributed by atoms with E-state index in [-0.39, 0.29) is 12.4 Å². The lowest BCUT2D eigenvalue weighted by atomic mass is 9.66. The molecule has 210 valence electrons. The van der Waals surface area contributed by atoms with Gasteiger partial charge in [-0.15, -0.1) is 0 Å². The summed E-state index contributed by atoms with van der Waals surface area (Å²) in [5.41, 5.74) is 2.70. The number of nitrogen functional groups attached to an aromatic ring is 1. The molecule has 3 fully saturated rings. The fourth-order valence-corrected chi connectivity index (χ4v) is 5.88. The molecule has 40 heavy (non-hydrogen) atoms. The maximum Gasteiger partial charge on any atom is 0.419 e. The zero-order valence-corrected chi connectivity index (χ0v) is 21.0. The fourth-order valence-electron chi connectivity index (χ4n) is 5.88. The molecule has 1 saturated carbocycles. The molecule has 2 aromatic carbocycles. The standard InChI is InChI=1S/C28H24F6N4O2/c29-20-18(2-1-3-19(20)28(32,33)34)27(30,31)17-6-4-16(5-7-17)21-22-23(35)36-12-13-38(22)24(37-21)25-8-10-26(14-39,11-9-25)40-15-25/h1-7,12-13,39H,8-11,14-15H2,(H2,35,36). The maximum atomic E-state index is 15.3. The molecule has 0 unspecified atom stereocenters. The van der Waals surface area contributed by atoms with Crippen molar-refractivity contribution in [3.63, 3.8) is 0 Å². The molecule has 3 aliphatic rings. The fraction of sp³-hybridized carbons (Fsp3) is 0.357. The zero-order chi connectivity index (χ0) is 28.5. The Morgan fingerprint density at radius 2 is 1.65 bits per heavy atom. The summed E-state index contributed by atoms with van der Waals surface area (Å²) in [6.07, 6.45) is 0.895. The SMILES string of the molecule is Nc1nccn2c(C34CCC(CO)(CC3)OC4)nc(-c3ccc(C(F)(F)c4cccc(C(F)(F)F)c4F)cc3)c12. The quantitative estimate of drug-likeness (QED) is 0.298. The van der Waals surface area contributed by atoms with E-state index >= 15 is 8.78 Å². The molecule has 7 rings (SSSR count). The Morgan fingerprint density at radius 1 is 0.975 bits per heavy atom. The van der Waals surface area contributed by atoms with Crippen LogP contribution >= 0.6 is 0 Å². The van der Waals surface area contributed by atoms with Gasteiger partial charge < -0.3 is 15.6 Å². The minimum absolute atomic E-state index is 0.0606. The van der Waals surface area contributed by atoms with Crippen molar-refractivity contribution in [2.24, 2.45) is 0 Å². The second-order valence-corrected chi connectivity index (χ2v) is 10.5. The number of fused-ring (bicyclic) bond motifs is 4. The lowest BCUT2D eigenvalue weighted by Crippen LogP contribution is -2.55. The highest BCUT2D eigenvalue weighted by Crippen LogP contribution is 2.51. The van der Waals surface area contributed by atoms with E-state index in [2.05, 4.69) is 4.98 Å². The number of nitrogens with two attached hydrogens (primary N) is 1. The lowest BCUT2D eigenvalue weighted by molar-refractivity contribution is -0.177. The molecule has 4 aromatic rings. The molecule has 0 spiro atoms. The summed E-state index contributed by atoms with van der Waals surface area (Å²) in [5.74, 6) is -5.20. The summed E-state index contributed by atoms with van der Waals surface area (Å²) in [6.45, 7) is 0.289. The number of rotatable bonds is 5. The van der Waals surface area contributed by atoms with Crippen molar-refractivity contribution in [3.05, 3.63) is 83.2 Å². The molecule has 3 N–H and O–H groups in total. The maximum absolute atomic E-state index is 15.3. The van der Waals surface area contributed by atoms with Crippen LogP contribution in [-0.2, 0) is 22.3 Å². The number of aliphatic hydroxyl groups is 1. The van der Waals surface area contributed by atoms with E-state index in [1.165, 1.54) is 18.3 Å². The van der Waals surface area contributed by atoms with Crippen LogP contribution in [0.1, 0.15) is 48.2 Å². The topological polar surface area (TPSA) is 85.7 Å². The predicted octanol–water partition coefficient (Wildman–Crippen LogP) is 5.85.